The Morgan fingerprint density at radius 2 is 1.76 bits per heavy atom. The molecule has 4 nitrogen and oxygen atoms in total. The number of aromatic nitrogens is 1. The summed E-state index contributed by atoms with van der Waals surface area (Å²) in [6, 6.07) is 1.77. The molecule has 4 saturated carbocycles. The van der Waals surface area contributed by atoms with Gasteiger partial charge in [-0.2, -0.15) is 0 Å². The summed E-state index contributed by atoms with van der Waals surface area (Å²) in [5.41, 5.74) is 0.0863. The third-order valence-electron chi connectivity index (χ3n) is 6.00. The van der Waals surface area contributed by atoms with E-state index in [9.17, 15) is 9.59 Å². The van der Waals surface area contributed by atoms with Crippen LogP contribution in [0.5, 0.6) is 0 Å². The molecule has 4 heteroatoms. The highest BCUT2D eigenvalue weighted by Gasteiger charge is 2.50. The van der Waals surface area contributed by atoms with E-state index in [1.54, 1.807) is 6.20 Å². The van der Waals surface area contributed by atoms with Crippen LogP contribution in [0.1, 0.15) is 42.5 Å². The maximum Gasteiger partial charge on any atom is 0.259 e. The zero-order chi connectivity index (χ0) is 14.6. The third-order valence-corrected chi connectivity index (χ3v) is 6.00. The molecular formula is C17H22N2O2. The molecule has 0 radical (unpaired) electrons. The van der Waals surface area contributed by atoms with Crippen molar-refractivity contribution in [2.45, 2.75) is 38.1 Å². The van der Waals surface area contributed by atoms with Gasteiger partial charge in [0.1, 0.15) is 5.56 Å². The fourth-order valence-corrected chi connectivity index (χ4v) is 5.44. The number of carbonyl (C=O) groups is 1. The van der Waals surface area contributed by atoms with Crippen LogP contribution in [0.4, 0.5) is 0 Å². The first kappa shape index (κ1) is 13.1. The molecule has 0 spiro atoms. The standard InChI is InChI=1S/C17H22N2O2/c1-19(17(21)14-9-18-3-2-15(14)20)16-12-5-10-4-11(7-12)8-13(16)6-10/h2-3,9-13,16H,4-8H2,1H3,(H,18,20). The fraction of sp³-hybridized carbons (Fsp3) is 0.647. The molecule has 0 aromatic carbocycles. The van der Waals surface area contributed by atoms with Crippen molar-refractivity contribution in [2.24, 2.45) is 23.7 Å². The molecule has 4 fully saturated rings. The van der Waals surface area contributed by atoms with Crippen molar-refractivity contribution in [1.82, 2.24) is 9.88 Å². The highest BCUT2D eigenvalue weighted by molar-refractivity contribution is 5.93. The second-order valence-corrected chi connectivity index (χ2v) is 7.26. The normalized spacial score (nSPS) is 36.7. The first-order valence-electron chi connectivity index (χ1n) is 8.07. The highest BCUT2D eigenvalue weighted by Crippen LogP contribution is 2.55. The molecule has 4 aliphatic carbocycles. The number of nitrogens with one attached hydrogen (secondary N) is 1. The number of rotatable bonds is 2. The molecule has 0 atom stereocenters. The number of carbonyl (C=O) groups excluding carboxylic acids is 1. The van der Waals surface area contributed by atoms with Crippen molar-refractivity contribution in [3.05, 3.63) is 34.2 Å². The average Bonchev–Trinajstić information content (AvgIpc) is 2.45. The molecule has 1 aromatic heterocycles. The Hall–Kier alpha value is -1.58. The van der Waals surface area contributed by atoms with Gasteiger partial charge in [0.2, 0.25) is 0 Å². The van der Waals surface area contributed by atoms with E-state index in [2.05, 4.69) is 4.98 Å². The second kappa shape index (κ2) is 4.72. The zero-order valence-corrected chi connectivity index (χ0v) is 12.4. The Bertz CT molecular complexity index is 593. The first-order chi connectivity index (χ1) is 10.1. The summed E-state index contributed by atoms with van der Waals surface area (Å²) in [6.45, 7) is 0. The summed E-state index contributed by atoms with van der Waals surface area (Å²) in [6.07, 6.45) is 9.64. The van der Waals surface area contributed by atoms with Gasteiger partial charge in [-0.3, -0.25) is 9.59 Å². The molecule has 112 valence electrons. The van der Waals surface area contributed by atoms with E-state index in [-0.39, 0.29) is 16.9 Å². The Labute approximate surface area is 124 Å². The van der Waals surface area contributed by atoms with Crippen molar-refractivity contribution >= 4 is 5.91 Å². The smallest absolute Gasteiger partial charge is 0.259 e. The van der Waals surface area contributed by atoms with Crippen molar-refractivity contribution in [2.75, 3.05) is 7.05 Å². The molecule has 4 aliphatic rings. The van der Waals surface area contributed by atoms with E-state index < -0.39 is 0 Å². The van der Waals surface area contributed by atoms with Gasteiger partial charge >= 0.3 is 0 Å². The summed E-state index contributed by atoms with van der Waals surface area (Å²) in [4.78, 5) is 29.3. The summed E-state index contributed by atoms with van der Waals surface area (Å²) in [5, 5.41) is 0. The van der Waals surface area contributed by atoms with E-state index in [1.165, 1.54) is 44.4 Å². The predicted octanol–water partition coefficient (Wildman–Crippen LogP) is 2.27. The number of H-pyrrole nitrogens is 1. The number of amides is 1. The molecule has 5 rings (SSSR count). The highest BCUT2D eigenvalue weighted by atomic mass is 16.2. The summed E-state index contributed by atoms with van der Waals surface area (Å²) in [7, 11) is 1.89. The minimum Gasteiger partial charge on any atom is -0.367 e. The number of hydrogen-bond donors (Lipinski definition) is 1. The predicted molar refractivity (Wildman–Crippen MR) is 80.0 cm³/mol. The van der Waals surface area contributed by atoms with Crippen LogP contribution in [-0.2, 0) is 0 Å². The van der Waals surface area contributed by atoms with Gasteiger partial charge in [0, 0.05) is 31.5 Å². The van der Waals surface area contributed by atoms with Crippen molar-refractivity contribution in [3.8, 4) is 0 Å². The van der Waals surface area contributed by atoms with Crippen LogP contribution in [-0.4, -0.2) is 28.9 Å². The van der Waals surface area contributed by atoms with Gasteiger partial charge in [0.25, 0.3) is 5.91 Å². The molecule has 1 aromatic rings. The molecule has 4 bridgehead atoms. The van der Waals surface area contributed by atoms with Gasteiger partial charge in [-0.15, -0.1) is 0 Å². The van der Waals surface area contributed by atoms with E-state index in [0.717, 1.165) is 11.8 Å². The van der Waals surface area contributed by atoms with Crippen LogP contribution in [0, 0.1) is 23.7 Å². The Balaban J connectivity index is 1.60. The molecule has 0 saturated heterocycles. The van der Waals surface area contributed by atoms with Crippen LogP contribution in [0.15, 0.2) is 23.3 Å². The van der Waals surface area contributed by atoms with Crippen LogP contribution in [0.25, 0.3) is 0 Å². The topological polar surface area (TPSA) is 53.2 Å². The van der Waals surface area contributed by atoms with Crippen LogP contribution < -0.4 is 5.43 Å². The van der Waals surface area contributed by atoms with E-state index in [1.807, 2.05) is 11.9 Å². The van der Waals surface area contributed by atoms with Gasteiger partial charge in [0.15, 0.2) is 5.43 Å². The van der Waals surface area contributed by atoms with Gasteiger partial charge in [0.05, 0.1) is 0 Å². The quantitative estimate of drug-likeness (QED) is 0.906. The first-order valence-corrected chi connectivity index (χ1v) is 8.07. The van der Waals surface area contributed by atoms with Gasteiger partial charge in [-0.25, -0.2) is 0 Å². The van der Waals surface area contributed by atoms with Crippen molar-refractivity contribution in [3.63, 3.8) is 0 Å². The maximum absolute atomic E-state index is 12.7. The summed E-state index contributed by atoms with van der Waals surface area (Å²) >= 11 is 0. The van der Waals surface area contributed by atoms with E-state index in [4.69, 9.17) is 0 Å². The Morgan fingerprint density at radius 3 is 2.33 bits per heavy atom. The monoisotopic (exact) mass is 286 g/mol. The molecule has 1 heterocycles. The zero-order valence-electron chi connectivity index (χ0n) is 12.4. The van der Waals surface area contributed by atoms with Crippen LogP contribution in [0.3, 0.4) is 0 Å². The molecule has 0 unspecified atom stereocenters. The number of hydrogen-bond acceptors (Lipinski definition) is 2. The van der Waals surface area contributed by atoms with Gasteiger partial charge in [-0.1, -0.05) is 0 Å². The lowest BCUT2D eigenvalue weighted by Gasteiger charge is -2.56. The molecule has 0 aliphatic heterocycles. The summed E-state index contributed by atoms with van der Waals surface area (Å²) < 4.78 is 0. The summed E-state index contributed by atoms with van der Waals surface area (Å²) in [5.74, 6) is 2.98. The minimum absolute atomic E-state index is 0.116. The lowest BCUT2D eigenvalue weighted by molar-refractivity contribution is -0.0491. The Morgan fingerprint density at radius 1 is 1.14 bits per heavy atom. The average molecular weight is 286 g/mol. The van der Waals surface area contributed by atoms with E-state index in [0.29, 0.717) is 17.9 Å². The van der Waals surface area contributed by atoms with Crippen LogP contribution in [0.2, 0.25) is 0 Å². The SMILES string of the molecule is CN(C(=O)c1c[nH]ccc1=O)C1C2CC3CC(C2)CC1C3. The largest absolute Gasteiger partial charge is 0.367 e. The molecular weight excluding hydrogens is 264 g/mol. The number of pyridine rings is 1. The van der Waals surface area contributed by atoms with Crippen molar-refractivity contribution < 1.29 is 4.79 Å². The molecule has 1 N–H and O–H groups in total. The number of nitrogens with zero attached hydrogens (tertiary/aromatic N) is 1. The molecule has 1 amide bonds. The lowest BCUT2D eigenvalue weighted by atomic mass is 9.54. The third kappa shape index (κ3) is 2.03. The Kier molecular flexibility index (Phi) is 2.95. The minimum atomic E-state index is -0.186. The fourth-order valence-electron chi connectivity index (χ4n) is 5.44. The molecule has 21 heavy (non-hydrogen) atoms. The van der Waals surface area contributed by atoms with Crippen molar-refractivity contribution in [1.29, 1.82) is 0 Å². The van der Waals surface area contributed by atoms with E-state index >= 15 is 0 Å². The van der Waals surface area contributed by atoms with Gasteiger partial charge in [-0.05, 0) is 55.8 Å². The second-order valence-electron chi connectivity index (χ2n) is 7.26. The lowest BCUT2D eigenvalue weighted by Crippen LogP contribution is -2.56. The number of aromatic amines is 1. The maximum atomic E-state index is 12.7. The van der Waals surface area contributed by atoms with Crippen LogP contribution >= 0.6 is 0 Å². The van der Waals surface area contributed by atoms with Gasteiger partial charge < -0.3 is 9.88 Å².